The normalized spacial score (nSPS) is 13.2. The summed E-state index contributed by atoms with van der Waals surface area (Å²) in [7, 11) is 0. The molecule has 0 aliphatic heterocycles. The van der Waals surface area contributed by atoms with Crippen molar-refractivity contribution in [2.24, 2.45) is 0 Å². The fourth-order valence-corrected chi connectivity index (χ4v) is 2.00. The Kier molecular flexibility index (Phi) is 5.04. The van der Waals surface area contributed by atoms with E-state index in [9.17, 15) is 19.1 Å². The lowest BCUT2D eigenvalue weighted by Gasteiger charge is -2.21. The smallest absolute Gasteiger partial charge is 0.313 e. The second kappa shape index (κ2) is 6.84. The molecule has 7 heteroatoms. The summed E-state index contributed by atoms with van der Waals surface area (Å²) in [6.07, 6.45) is 0. The summed E-state index contributed by atoms with van der Waals surface area (Å²) >= 11 is 0. The van der Waals surface area contributed by atoms with Crippen LogP contribution in [0.5, 0.6) is 0 Å². The standard InChI is InChI=1S/C17H19FN2O4/c1-10-4-6-12(8-13(10)18)20-16(22)15(21)19-9-17(3,23)14-7-5-11(2)24-14/h4-8,23H,9H2,1-3H3,(H,19,21)(H,20,22). The molecule has 0 radical (unpaired) electrons. The number of carbonyl (C=O) groups excluding carboxylic acids is 2. The zero-order valence-electron chi connectivity index (χ0n) is 13.6. The molecule has 128 valence electrons. The molecule has 1 heterocycles. The van der Waals surface area contributed by atoms with Gasteiger partial charge in [-0.3, -0.25) is 9.59 Å². The van der Waals surface area contributed by atoms with Crippen LogP contribution in [0.15, 0.2) is 34.7 Å². The number of amides is 2. The second-order valence-electron chi connectivity index (χ2n) is 5.78. The molecule has 0 spiro atoms. The van der Waals surface area contributed by atoms with Gasteiger partial charge < -0.3 is 20.2 Å². The SMILES string of the molecule is Cc1ccc(C(C)(O)CNC(=O)C(=O)Nc2ccc(C)c(F)c2)o1. The highest BCUT2D eigenvalue weighted by Gasteiger charge is 2.28. The number of rotatable bonds is 4. The summed E-state index contributed by atoms with van der Waals surface area (Å²) in [6.45, 7) is 4.56. The van der Waals surface area contributed by atoms with Crippen molar-refractivity contribution >= 4 is 17.5 Å². The molecule has 0 bridgehead atoms. The van der Waals surface area contributed by atoms with Gasteiger partial charge in [0.15, 0.2) is 0 Å². The zero-order valence-corrected chi connectivity index (χ0v) is 13.6. The van der Waals surface area contributed by atoms with Gasteiger partial charge in [-0.1, -0.05) is 6.07 Å². The molecule has 1 unspecified atom stereocenters. The lowest BCUT2D eigenvalue weighted by atomic mass is 10.0. The zero-order chi connectivity index (χ0) is 17.9. The van der Waals surface area contributed by atoms with Gasteiger partial charge in [0.1, 0.15) is 22.9 Å². The minimum absolute atomic E-state index is 0.173. The van der Waals surface area contributed by atoms with Gasteiger partial charge in [-0.25, -0.2) is 4.39 Å². The van der Waals surface area contributed by atoms with Crippen molar-refractivity contribution in [2.45, 2.75) is 26.4 Å². The maximum absolute atomic E-state index is 13.4. The Morgan fingerprint density at radius 2 is 1.92 bits per heavy atom. The Morgan fingerprint density at radius 3 is 2.50 bits per heavy atom. The first-order chi connectivity index (χ1) is 11.2. The number of nitrogens with one attached hydrogen (secondary N) is 2. The van der Waals surface area contributed by atoms with Crippen molar-refractivity contribution in [1.29, 1.82) is 0 Å². The molecule has 2 rings (SSSR count). The molecule has 1 aromatic carbocycles. The lowest BCUT2D eigenvalue weighted by Crippen LogP contribution is -2.43. The number of carbonyl (C=O) groups is 2. The first-order valence-electron chi connectivity index (χ1n) is 7.33. The van der Waals surface area contributed by atoms with E-state index in [0.29, 0.717) is 11.3 Å². The number of furan rings is 1. The maximum atomic E-state index is 13.4. The summed E-state index contributed by atoms with van der Waals surface area (Å²) in [5.41, 5.74) is -0.853. The van der Waals surface area contributed by atoms with Crippen LogP contribution < -0.4 is 10.6 Å². The van der Waals surface area contributed by atoms with Gasteiger partial charge >= 0.3 is 11.8 Å². The molecule has 0 saturated heterocycles. The van der Waals surface area contributed by atoms with Gasteiger partial charge in [0.25, 0.3) is 0 Å². The van der Waals surface area contributed by atoms with E-state index in [1.165, 1.54) is 19.1 Å². The van der Waals surface area contributed by atoms with Crippen molar-refractivity contribution in [2.75, 3.05) is 11.9 Å². The maximum Gasteiger partial charge on any atom is 0.313 e. The highest BCUT2D eigenvalue weighted by molar-refractivity contribution is 6.39. The van der Waals surface area contributed by atoms with E-state index < -0.39 is 23.2 Å². The lowest BCUT2D eigenvalue weighted by molar-refractivity contribution is -0.136. The van der Waals surface area contributed by atoms with E-state index >= 15 is 0 Å². The summed E-state index contributed by atoms with van der Waals surface area (Å²) in [5.74, 6) is -1.48. The molecular formula is C17H19FN2O4. The minimum Gasteiger partial charge on any atom is -0.463 e. The highest BCUT2D eigenvalue weighted by Crippen LogP contribution is 2.21. The van der Waals surface area contributed by atoms with Gasteiger partial charge in [-0.15, -0.1) is 0 Å². The summed E-state index contributed by atoms with van der Waals surface area (Å²) in [5, 5.41) is 14.9. The number of aryl methyl sites for hydroxylation is 2. The van der Waals surface area contributed by atoms with Crippen LogP contribution in [-0.2, 0) is 15.2 Å². The van der Waals surface area contributed by atoms with Crippen LogP contribution in [0.1, 0.15) is 24.0 Å². The molecule has 2 aromatic rings. The first kappa shape index (κ1) is 17.7. The van der Waals surface area contributed by atoms with E-state index in [-0.39, 0.29) is 18.0 Å². The quantitative estimate of drug-likeness (QED) is 0.746. The van der Waals surface area contributed by atoms with Crippen molar-refractivity contribution in [1.82, 2.24) is 5.32 Å². The summed E-state index contributed by atoms with van der Waals surface area (Å²) in [4.78, 5) is 23.6. The van der Waals surface area contributed by atoms with Crippen molar-refractivity contribution in [3.8, 4) is 0 Å². The number of aliphatic hydroxyl groups is 1. The molecule has 1 atom stereocenters. The number of halogens is 1. The van der Waals surface area contributed by atoms with Gasteiger partial charge in [0.05, 0.1) is 6.54 Å². The molecule has 2 amide bonds. The van der Waals surface area contributed by atoms with E-state index in [2.05, 4.69) is 10.6 Å². The molecule has 0 aliphatic rings. The molecule has 24 heavy (non-hydrogen) atoms. The Morgan fingerprint density at radius 1 is 1.21 bits per heavy atom. The number of hydrogen-bond acceptors (Lipinski definition) is 4. The molecule has 3 N–H and O–H groups in total. The van der Waals surface area contributed by atoms with Gasteiger partial charge in [-0.05, 0) is 50.6 Å². The van der Waals surface area contributed by atoms with Gasteiger partial charge in [0, 0.05) is 5.69 Å². The average molecular weight is 334 g/mol. The topological polar surface area (TPSA) is 91.6 Å². The van der Waals surface area contributed by atoms with E-state index in [1.807, 2.05) is 0 Å². The van der Waals surface area contributed by atoms with E-state index in [1.54, 1.807) is 26.0 Å². The number of anilines is 1. The van der Waals surface area contributed by atoms with Crippen LogP contribution in [0.25, 0.3) is 0 Å². The van der Waals surface area contributed by atoms with Crippen molar-refractivity contribution in [3.05, 3.63) is 53.2 Å². The van der Waals surface area contributed by atoms with Crippen LogP contribution in [0.3, 0.4) is 0 Å². The van der Waals surface area contributed by atoms with Crippen molar-refractivity contribution < 1.29 is 23.5 Å². The molecule has 0 aliphatic carbocycles. The third-order valence-electron chi connectivity index (χ3n) is 3.50. The monoisotopic (exact) mass is 334 g/mol. The number of hydrogen-bond donors (Lipinski definition) is 3. The highest BCUT2D eigenvalue weighted by atomic mass is 19.1. The van der Waals surface area contributed by atoms with Crippen molar-refractivity contribution in [3.63, 3.8) is 0 Å². The first-order valence-corrected chi connectivity index (χ1v) is 7.33. The predicted molar refractivity (Wildman–Crippen MR) is 85.8 cm³/mol. The predicted octanol–water partition coefficient (Wildman–Crippen LogP) is 2.00. The molecule has 0 fully saturated rings. The fraction of sp³-hybridized carbons (Fsp3) is 0.294. The Bertz CT molecular complexity index is 768. The third kappa shape index (κ3) is 4.20. The Balaban J connectivity index is 1.94. The Hall–Kier alpha value is -2.67. The van der Waals surface area contributed by atoms with Crippen LogP contribution in [0.4, 0.5) is 10.1 Å². The van der Waals surface area contributed by atoms with Gasteiger partial charge in [0.2, 0.25) is 0 Å². The molecule has 1 aromatic heterocycles. The van der Waals surface area contributed by atoms with Crippen LogP contribution in [0.2, 0.25) is 0 Å². The minimum atomic E-state index is -1.46. The largest absolute Gasteiger partial charge is 0.463 e. The average Bonchev–Trinajstić information content (AvgIpc) is 2.96. The number of benzene rings is 1. The molecule has 0 saturated carbocycles. The van der Waals surface area contributed by atoms with Crippen LogP contribution in [-0.4, -0.2) is 23.5 Å². The summed E-state index contributed by atoms with van der Waals surface area (Å²) < 4.78 is 18.7. The summed E-state index contributed by atoms with van der Waals surface area (Å²) in [6, 6.07) is 7.39. The second-order valence-corrected chi connectivity index (χ2v) is 5.78. The van der Waals surface area contributed by atoms with Crippen LogP contribution in [0, 0.1) is 19.7 Å². The van der Waals surface area contributed by atoms with Gasteiger partial charge in [-0.2, -0.15) is 0 Å². The molecule has 6 nitrogen and oxygen atoms in total. The molecular weight excluding hydrogens is 315 g/mol. The van der Waals surface area contributed by atoms with E-state index in [0.717, 1.165) is 6.07 Å². The van der Waals surface area contributed by atoms with Crippen LogP contribution >= 0.6 is 0 Å². The Labute approximate surface area is 138 Å². The third-order valence-corrected chi connectivity index (χ3v) is 3.50. The van der Waals surface area contributed by atoms with E-state index in [4.69, 9.17) is 4.42 Å². The fourth-order valence-electron chi connectivity index (χ4n) is 2.00.